The molecule has 0 aliphatic heterocycles. The first kappa shape index (κ1) is 33.3. The van der Waals surface area contributed by atoms with Gasteiger partial charge in [0.25, 0.3) is 0 Å². The van der Waals surface area contributed by atoms with Gasteiger partial charge in [0.1, 0.15) is 0 Å². The van der Waals surface area contributed by atoms with E-state index in [0.717, 1.165) is 12.8 Å². The Labute approximate surface area is 277 Å². The fraction of sp³-hybridized carbons (Fsp3) is 0.0769. The predicted molar refractivity (Wildman–Crippen MR) is 168 cm³/mol. The van der Waals surface area contributed by atoms with E-state index in [9.17, 15) is 0 Å². The zero-order valence-corrected chi connectivity index (χ0v) is 27.6. The fourth-order valence-corrected chi connectivity index (χ4v) is 5.71. The van der Waals surface area contributed by atoms with E-state index in [1.165, 1.54) is 76.8 Å². The second-order valence-electron chi connectivity index (χ2n) is 9.90. The minimum atomic E-state index is 0. The Balaban J connectivity index is 0.000000169. The van der Waals surface area contributed by atoms with Crippen LogP contribution in [0.4, 0.5) is 0 Å². The van der Waals surface area contributed by atoms with E-state index in [1.807, 2.05) is 0 Å². The van der Waals surface area contributed by atoms with Crippen molar-refractivity contribution in [3.63, 3.8) is 0 Å². The van der Waals surface area contributed by atoms with E-state index in [4.69, 9.17) is 0 Å². The molecule has 6 aromatic carbocycles. The second-order valence-corrected chi connectivity index (χ2v) is 11.1. The van der Waals surface area contributed by atoms with Gasteiger partial charge in [0.15, 0.2) is 0 Å². The van der Waals surface area contributed by atoms with Crippen LogP contribution in [0.15, 0.2) is 163 Å². The number of allylic oxidation sites excluding steroid dienone is 4. The average Bonchev–Trinajstić information content (AvgIpc) is 3.61. The minimum absolute atomic E-state index is 0. The first-order valence-corrected chi connectivity index (χ1v) is 14.9. The molecule has 0 bridgehead atoms. The number of halogens is 2. The van der Waals surface area contributed by atoms with Crippen LogP contribution in [0.1, 0.15) is 30.0 Å². The molecule has 3 heteroatoms. The van der Waals surface area contributed by atoms with Crippen molar-refractivity contribution in [2.24, 2.45) is 0 Å². The Morgan fingerprint density at radius 1 is 0.619 bits per heavy atom. The number of rotatable bonds is 4. The zero-order chi connectivity index (χ0) is 27.6. The largest absolute Gasteiger partial charge is 0.126 e. The van der Waals surface area contributed by atoms with Gasteiger partial charge >= 0.3 is 99.2 Å². The van der Waals surface area contributed by atoms with E-state index in [0.29, 0.717) is 0 Å². The molecule has 0 unspecified atom stereocenters. The van der Waals surface area contributed by atoms with Crippen LogP contribution in [0.25, 0.3) is 21.5 Å². The third-order valence-electron chi connectivity index (χ3n) is 7.10. The van der Waals surface area contributed by atoms with Crippen molar-refractivity contribution in [1.82, 2.24) is 0 Å². The first-order valence-electron chi connectivity index (χ1n) is 13.7. The van der Waals surface area contributed by atoms with Gasteiger partial charge in [-0.05, 0) is 12.0 Å². The van der Waals surface area contributed by atoms with E-state index in [2.05, 4.69) is 165 Å². The van der Waals surface area contributed by atoms with Gasteiger partial charge in [-0.25, -0.2) is 11.6 Å². The van der Waals surface area contributed by atoms with Crippen LogP contribution >= 0.6 is 0 Å². The molecule has 7 rings (SSSR count). The van der Waals surface area contributed by atoms with E-state index < -0.39 is 0 Å². The van der Waals surface area contributed by atoms with E-state index >= 15 is 0 Å². The molecule has 1 aliphatic rings. The molecule has 0 aromatic heterocycles. The standard InChI is InChI=1S/C13H9.C13H13.C13H10.2ClH.Zr/c1-3-7-12-10(5-1)9-11-6-2-4-8-13(11)12;1-11-6-5-9-13(11)10-12-7-3-2-4-8-12;1-3-7-12(8-4-1)11-13-9-5-2-6-10-13;;;/h1-9H;2-4,6-8H,9-10H2,1H3;1-10H;2*1H;/q2*-1;;;;+2/p-2. The zero-order valence-electron chi connectivity index (χ0n) is 23.6. The molecule has 0 saturated heterocycles. The second kappa shape index (κ2) is 17.0. The van der Waals surface area contributed by atoms with Gasteiger partial charge in [-0.1, -0.05) is 66.7 Å². The molecule has 0 saturated carbocycles. The summed E-state index contributed by atoms with van der Waals surface area (Å²) in [7, 11) is 0. The molecule has 0 amide bonds. The summed E-state index contributed by atoms with van der Waals surface area (Å²) in [6, 6.07) is 51.0. The SMILES string of the molecule is CC1=C(Cc2ccccc2)C[C-]=C1.[Cl-].[Cl-].[Zr+2]=[C](c1ccccc1)c1ccccc1.c1ccc2c(c1)[cH-]c1ccccc12. The van der Waals surface area contributed by atoms with Gasteiger partial charge in [-0.2, -0.15) is 5.57 Å². The van der Waals surface area contributed by atoms with Gasteiger partial charge in [0.2, 0.25) is 0 Å². The molecule has 0 atom stereocenters. The van der Waals surface area contributed by atoms with Crippen molar-refractivity contribution in [2.45, 2.75) is 19.8 Å². The number of hydrogen-bond donors (Lipinski definition) is 0. The molecule has 0 radical (unpaired) electrons. The Kier molecular flexibility index (Phi) is 13.5. The fourth-order valence-electron chi connectivity index (χ4n) is 4.89. The smallest absolute Gasteiger partial charge is 0.0771 e. The van der Waals surface area contributed by atoms with E-state index in [1.54, 1.807) is 0 Å². The van der Waals surface area contributed by atoms with Crippen molar-refractivity contribution < 1.29 is 49.0 Å². The molecule has 0 N–H and O–H groups in total. The van der Waals surface area contributed by atoms with Crippen LogP contribution in [0.5, 0.6) is 0 Å². The summed E-state index contributed by atoms with van der Waals surface area (Å²) < 4.78 is 1.42. The van der Waals surface area contributed by atoms with Crippen LogP contribution < -0.4 is 24.8 Å². The average molecular weight is 663 g/mol. The maximum absolute atomic E-state index is 3.24. The molecule has 0 nitrogen and oxygen atoms in total. The van der Waals surface area contributed by atoms with Gasteiger partial charge in [0.05, 0.1) is 0 Å². The minimum Gasteiger partial charge on any atom is -0.126 e. The number of fused-ring (bicyclic) bond motifs is 3. The first-order chi connectivity index (χ1) is 19.7. The predicted octanol–water partition coefficient (Wildman–Crippen LogP) is 3.83. The van der Waals surface area contributed by atoms with Crippen LogP contribution in [-0.4, -0.2) is 3.21 Å². The van der Waals surface area contributed by atoms with Crippen LogP contribution in [-0.2, 0) is 30.7 Å². The monoisotopic (exact) mass is 660 g/mol. The Hall–Kier alpha value is -3.22. The molecule has 0 spiro atoms. The van der Waals surface area contributed by atoms with Crippen molar-refractivity contribution >= 4 is 24.8 Å². The summed E-state index contributed by atoms with van der Waals surface area (Å²) >= 11 is 1.46. The molecular formula is C39H32Cl2Zr-2. The number of benzene rings is 5. The molecule has 1 aliphatic carbocycles. The summed E-state index contributed by atoms with van der Waals surface area (Å²) in [5.74, 6) is 0. The molecule has 208 valence electrons. The maximum atomic E-state index is 3.24. The molecule has 0 heterocycles. The summed E-state index contributed by atoms with van der Waals surface area (Å²) in [5, 5.41) is 5.39. The molecule has 42 heavy (non-hydrogen) atoms. The Bertz CT molecular complexity index is 1660. The van der Waals surface area contributed by atoms with E-state index in [-0.39, 0.29) is 24.8 Å². The topological polar surface area (TPSA) is 0 Å². The normalized spacial score (nSPS) is 11.5. The summed E-state index contributed by atoms with van der Waals surface area (Å²) in [6.07, 6.45) is 7.43. The van der Waals surface area contributed by atoms with Gasteiger partial charge in [-0.3, -0.25) is 6.08 Å². The van der Waals surface area contributed by atoms with Crippen molar-refractivity contribution in [1.29, 1.82) is 0 Å². The third-order valence-corrected chi connectivity index (χ3v) is 8.52. The number of hydrogen-bond acceptors (Lipinski definition) is 0. The van der Waals surface area contributed by atoms with Gasteiger partial charge in [0, 0.05) is 0 Å². The molecular weight excluding hydrogens is 631 g/mol. The van der Waals surface area contributed by atoms with Crippen LogP contribution in [0, 0.1) is 6.08 Å². The van der Waals surface area contributed by atoms with Crippen molar-refractivity contribution in [3.05, 3.63) is 186 Å². The Morgan fingerprint density at radius 2 is 1.05 bits per heavy atom. The summed E-state index contributed by atoms with van der Waals surface area (Å²) in [6.45, 7) is 2.16. The Morgan fingerprint density at radius 3 is 1.50 bits per heavy atom. The van der Waals surface area contributed by atoms with Crippen molar-refractivity contribution in [3.8, 4) is 0 Å². The third kappa shape index (κ3) is 8.89. The van der Waals surface area contributed by atoms with Gasteiger partial charge < -0.3 is 24.8 Å². The van der Waals surface area contributed by atoms with Crippen LogP contribution in [0.3, 0.4) is 0 Å². The molecule has 0 fully saturated rings. The van der Waals surface area contributed by atoms with Crippen molar-refractivity contribution in [2.75, 3.05) is 0 Å². The summed E-state index contributed by atoms with van der Waals surface area (Å²) in [5.41, 5.74) is 6.96. The maximum Gasteiger partial charge on any atom is -0.0771 e. The quantitative estimate of drug-likeness (QED) is 0.252. The molecule has 6 aromatic rings. The van der Waals surface area contributed by atoms with Crippen LogP contribution in [0.2, 0.25) is 0 Å². The summed E-state index contributed by atoms with van der Waals surface area (Å²) in [4.78, 5) is 0. The van der Waals surface area contributed by atoms with Gasteiger partial charge in [-0.15, -0.1) is 53.1 Å².